The minimum atomic E-state index is -2.05. The van der Waals surface area contributed by atoms with Crippen molar-refractivity contribution in [2.75, 3.05) is 0 Å². The number of thioether (sulfide) groups is 1. The van der Waals surface area contributed by atoms with Crippen molar-refractivity contribution in [1.29, 1.82) is 0 Å². The number of esters is 1. The van der Waals surface area contributed by atoms with Gasteiger partial charge in [-0.1, -0.05) is 30.3 Å². The zero-order chi connectivity index (χ0) is 17.8. The van der Waals surface area contributed by atoms with Gasteiger partial charge in [0.15, 0.2) is 0 Å². The van der Waals surface area contributed by atoms with E-state index in [-0.39, 0.29) is 48.3 Å². The Morgan fingerprint density at radius 1 is 1.31 bits per heavy atom. The summed E-state index contributed by atoms with van der Waals surface area (Å²) >= 11 is 1.15. The first-order valence-electron chi connectivity index (χ1n) is 7.68. The number of carboxylic acid groups (broad SMARTS) is 1. The van der Waals surface area contributed by atoms with Crippen molar-refractivity contribution >= 4 is 35.5 Å². The van der Waals surface area contributed by atoms with Crippen molar-refractivity contribution in [2.24, 2.45) is 0 Å². The molecular weight excluding hydrogens is 371 g/mol. The maximum Gasteiger partial charge on any atom is 1.00 e. The number of nitrogens with zero attached hydrogens (tertiary/aromatic N) is 1. The summed E-state index contributed by atoms with van der Waals surface area (Å²) in [6.07, 6.45) is 0.00958. The van der Waals surface area contributed by atoms with Crippen molar-refractivity contribution < 1.29 is 58.6 Å². The van der Waals surface area contributed by atoms with Gasteiger partial charge in [0.1, 0.15) is 17.4 Å². The number of hydrogen-bond donors (Lipinski definition) is 1. The predicted molar refractivity (Wildman–Crippen MR) is 82.5 cm³/mol. The molecule has 26 heavy (non-hydrogen) atoms. The number of carboxylic acids is 1. The molecule has 0 aliphatic carbocycles. The number of carbonyl (C=O) groups excluding carboxylic acids is 4. The zero-order valence-electron chi connectivity index (χ0n) is 13.8. The molecular formula is C16H13N2NaO6S. The summed E-state index contributed by atoms with van der Waals surface area (Å²) < 4.78 is 4.96. The molecule has 3 saturated heterocycles. The van der Waals surface area contributed by atoms with Crippen molar-refractivity contribution in [3.63, 3.8) is 0 Å². The van der Waals surface area contributed by atoms with Gasteiger partial charge < -0.3 is 20.0 Å². The fourth-order valence-corrected chi connectivity index (χ4v) is 5.19. The van der Waals surface area contributed by atoms with Crippen LogP contribution in [0, 0.1) is 0 Å². The second kappa shape index (κ2) is 6.88. The Bertz CT molecular complexity index is 790. The minimum Gasteiger partial charge on any atom is -0.544 e. The van der Waals surface area contributed by atoms with E-state index in [0.29, 0.717) is 0 Å². The molecule has 3 heterocycles. The first-order chi connectivity index (χ1) is 11.9. The number of amides is 2. The number of nitrogens with one attached hydrogen (secondary N) is 1. The fraction of sp³-hybridized carbons (Fsp3) is 0.375. The van der Waals surface area contributed by atoms with Crippen molar-refractivity contribution in [2.45, 2.75) is 35.2 Å². The van der Waals surface area contributed by atoms with Gasteiger partial charge in [-0.05, 0) is 5.56 Å². The molecule has 0 bridgehead atoms. The quantitative estimate of drug-likeness (QED) is 0.315. The van der Waals surface area contributed by atoms with E-state index in [0.717, 1.165) is 22.2 Å². The summed E-state index contributed by atoms with van der Waals surface area (Å²) in [6, 6.07) is 8.22. The fourth-order valence-electron chi connectivity index (χ4n) is 3.45. The number of benzene rings is 1. The third kappa shape index (κ3) is 2.74. The Balaban J connectivity index is 0.00000196. The van der Waals surface area contributed by atoms with E-state index in [2.05, 4.69) is 5.32 Å². The first kappa shape index (κ1) is 19.2. The number of rotatable bonds is 4. The van der Waals surface area contributed by atoms with Crippen LogP contribution in [-0.4, -0.2) is 51.0 Å². The molecule has 4 atom stereocenters. The first-order valence-corrected chi connectivity index (χ1v) is 8.63. The zero-order valence-corrected chi connectivity index (χ0v) is 16.7. The molecule has 1 aromatic carbocycles. The third-order valence-electron chi connectivity index (χ3n) is 4.58. The molecule has 0 unspecified atom stereocenters. The van der Waals surface area contributed by atoms with Crippen LogP contribution in [0.1, 0.15) is 12.0 Å². The summed E-state index contributed by atoms with van der Waals surface area (Å²) in [5.41, 5.74) is -1.25. The molecule has 10 heteroatoms. The molecule has 3 fully saturated rings. The summed E-state index contributed by atoms with van der Waals surface area (Å²) in [5.74, 6) is -3.20. The van der Waals surface area contributed by atoms with Crippen LogP contribution in [0.4, 0.5) is 0 Å². The largest absolute Gasteiger partial charge is 1.00 e. The Hall–Kier alpha value is -1.55. The maximum atomic E-state index is 12.4. The third-order valence-corrected chi connectivity index (χ3v) is 6.16. The van der Waals surface area contributed by atoms with Crippen LogP contribution in [0.2, 0.25) is 0 Å². The van der Waals surface area contributed by atoms with Gasteiger partial charge in [0.25, 0.3) is 5.91 Å². The molecule has 130 valence electrons. The standard InChI is InChI=1S/C16H14N2O6S.Na/c19-10(6-8-4-2-1-3-5-8)17-12-13(21)18-14(12)25-9-7-11(20)24-16(9,18)15(22)23;/h1-5,9,12,14H,6-7H2,(H,17,19)(H,22,23);/q;+1/p-1/t9-,12+,14+,16-;/m0./s1. The van der Waals surface area contributed by atoms with E-state index in [1.165, 1.54) is 0 Å². The Kier molecular flexibility index (Phi) is 5.08. The van der Waals surface area contributed by atoms with Crippen LogP contribution in [-0.2, 0) is 30.3 Å². The van der Waals surface area contributed by atoms with Gasteiger partial charge in [0.05, 0.1) is 18.1 Å². The molecule has 8 nitrogen and oxygen atoms in total. The molecule has 0 aromatic heterocycles. The van der Waals surface area contributed by atoms with Crippen molar-refractivity contribution in [3.8, 4) is 0 Å². The topological polar surface area (TPSA) is 116 Å². The Morgan fingerprint density at radius 2 is 2.00 bits per heavy atom. The maximum absolute atomic E-state index is 12.4. The molecule has 3 aliphatic rings. The van der Waals surface area contributed by atoms with E-state index >= 15 is 0 Å². The second-order valence-corrected chi connectivity index (χ2v) is 7.42. The van der Waals surface area contributed by atoms with Crippen LogP contribution in [0.3, 0.4) is 0 Å². The number of aliphatic carboxylic acids is 1. The molecule has 1 N–H and O–H groups in total. The van der Waals surface area contributed by atoms with Crippen LogP contribution in [0.15, 0.2) is 30.3 Å². The normalized spacial score (nSPS) is 31.2. The minimum absolute atomic E-state index is 0. The molecule has 0 saturated carbocycles. The van der Waals surface area contributed by atoms with E-state index in [9.17, 15) is 24.3 Å². The van der Waals surface area contributed by atoms with Gasteiger partial charge in [-0.25, -0.2) is 0 Å². The number of ether oxygens (including phenoxy) is 1. The second-order valence-electron chi connectivity index (χ2n) is 6.09. The van der Waals surface area contributed by atoms with E-state index in [4.69, 9.17) is 4.74 Å². The molecule has 0 radical (unpaired) electrons. The Labute approximate surface area is 174 Å². The Morgan fingerprint density at radius 3 is 2.65 bits per heavy atom. The molecule has 0 spiro atoms. The summed E-state index contributed by atoms with van der Waals surface area (Å²) in [7, 11) is 0. The van der Waals surface area contributed by atoms with E-state index < -0.39 is 40.2 Å². The van der Waals surface area contributed by atoms with Gasteiger partial charge in [0.2, 0.25) is 11.6 Å². The van der Waals surface area contributed by atoms with Crippen LogP contribution < -0.4 is 40.0 Å². The van der Waals surface area contributed by atoms with Crippen LogP contribution in [0.5, 0.6) is 0 Å². The number of hydrogen-bond acceptors (Lipinski definition) is 7. The average Bonchev–Trinajstić information content (AvgIpc) is 3.03. The number of β-lactam (4-membered cyclic amide) rings is 1. The summed E-state index contributed by atoms with van der Waals surface area (Å²) in [5, 5.41) is 12.9. The van der Waals surface area contributed by atoms with Crippen molar-refractivity contribution in [1.82, 2.24) is 10.2 Å². The van der Waals surface area contributed by atoms with Crippen LogP contribution in [0.25, 0.3) is 0 Å². The van der Waals surface area contributed by atoms with Gasteiger partial charge >= 0.3 is 35.5 Å². The van der Waals surface area contributed by atoms with Gasteiger partial charge in [0, 0.05) is 0 Å². The number of carbonyl (C=O) groups is 4. The molecule has 2 amide bonds. The predicted octanol–water partition coefficient (Wildman–Crippen LogP) is -4.61. The summed E-state index contributed by atoms with van der Waals surface area (Å²) in [6.45, 7) is 0. The monoisotopic (exact) mass is 384 g/mol. The van der Waals surface area contributed by atoms with Crippen LogP contribution >= 0.6 is 11.8 Å². The van der Waals surface area contributed by atoms with Crippen molar-refractivity contribution in [3.05, 3.63) is 35.9 Å². The smallest absolute Gasteiger partial charge is 0.544 e. The van der Waals surface area contributed by atoms with E-state index in [1.54, 1.807) is 12.1 Å². The average molecular weight is 384 g/mol. The SMILES string of the molecule is O=C(Cc1ccccc1)N[C@@H]1C(=O)N2[C@@H]1S[C@H]1CC(=O)O[C@]12C(=O)[O-].[Na+]. The summed E-state index contributed by atoms with van der Waals surface area (Å²) in [4.78, 5) is 48.6. The van der Waals surface area contributed by atoms with Gasteiger partial charge in [-0.3, -0.25) is 19.3 Å². The molecule has 3 aliphatic heterocycles. The van der Waals surface area contributed by atoms with Gasteiger partial charge in [-0.15, -0.1) is 11.8 Å². The van der Waals surface area contributed by atoms with E-state index in [1.807, 2.05) is 18.2 Å². The molecule has 4 rings (SSSR count). The number of fused-ring (bicyclic) bond motifs is 3. The van der Waals surface area contributed by atoms with Gasteiger partial charge in [-0.2, -0.15) is 0 Å². The molecule has 1 aromatic rings.